The van der Waals surface area contributed by atoms with Gasteiger partial charge in [-0.1, -0.05) is 0 Å². The Hall–Kier alpha value is -1.79. The summed E-state index contributed by atoms with van der Waals surface area (Å²) < 4.78 is 4.60. The Kier molecular flexibility index (Phi) is 4.74. The molecule has 1 atom stereocenters. The highest BCUT2D eigenvalue weighted by Crippen LogP contribution is 2.18. The van der Waals surface area contributed by atoms with Crippen LogP contribution in [-0.4, -0.2) is 54.2 Å². The molecule has 1 fully saturated rings. The summed E-state index contributed by atoms with van der Waals surface area (Å²) in [6.45, 7) is 0.539. The Bertz CT molecular complexity index is 318. The predicted molar refractivity (Wildman–Crippen MR) is 57.4 cm³/mol. The molecule has 0 saturated carbocycles. The number of amides is 2. The molecule has 0 aromatic heterocycles. The molecule has 1 saturated heterocycles. The van der Waals surface area contributed by atoms with E-state index in [2.05, 4.69) is 10.1 Å². The van der Waals surface area contributed by atoms with E-state index in [0.717, 1.165) is 6.42 Å². The molecule has 2 amide bonds. The van der Waals surface area contributed by atoms with Crippen molar-refractivity contribution in [1.29, 1.82) is 0 Å². The number of carbonyl (C=O) groups excluding carboxylic acids is 2. The van der Waals surface area contributed by atoms with Crippen LogP contribution in [0.1, 0.15) is 19.3 Å². The fourth-order valence-corrected chi connectivity index (χ4v) is 1.77. The molecule has 96 valence electrons. The summed E-state index contributed by atoms with van der Waals surface area (Å²) in [6, 6.07) is -0.969. The minimum Gasteiger partial charge on any atom is -0.481 e. The number of ether oxygens (including phenoxy) is 1. The van der Waals surface area contributed by atoms with Crippen molar-refractivity contribution in [3.63, 3.8) is 0 Å². The Morgan fingerprint density at radius 1 is 1.47 bits per heavy atom. The van der Waals surface area contributed by atoms with Gasteiger partial charge < -0.3 is 20.1 Å². The van der Waals surface area contributed by atoms with E-state index >= 15 is 0 Å². The number of carbonyl (C=O) groups is 3. The van der Waals surface area contributed by atoms with E-state index in [0.29, 0.717) is 13.0 Å². The van der Waals surface area contributed by atoms with Crippen molar-refractivity contribution in [2.24, 2.45) is 0 Å². The Balaban J connectivity index is 2.44. The molecule has 1 aliphatic rings. The fourth-order valence-electron chi connectivity index (χ4n) is 1.77. The standard InChI is InChI=1S/C10H16N2O5/c1-17-9(15)7-3-2-6-12(7)10(16)11-5-4-8(13)14/h7H,2-6H2,1H3,(H,11,16)(H,13,14). The number of likely N-dealkylation sites (tertiary alicyclic amines) is 1. The molecule has 0 aliphatic carbocycles. The SMILES string of the molecule is COC(=O)C1CCCN1C(=O)NCCC(=O)O. The summed E-state index contributed by atoms with van der Waals surface area (Å²) in [4.78, 5) is 34.7. The number of esters is 1. The lowest BCUT2D eigenvalue weighted by molar-refractivity contribution is -0.145. The van der Waals surface area contributed by atoms with Crippen LogP contribution in [0.4, 0.5) is 4.79 Å². The highest BCUT2D eigenvalue weighted by molar-refractivity contribution is 5.84. The van der Waals surface area contributed by atoms with E-state index in [1.807, 2.05) is 0 Å². The summed E-state index contributed by atoms with van der Waals surface area (Å²) in [5.41, 5.74) is 0. The Labute approximate surface area is 98.7 Å². The minimum atomic E-state index is -0.976. The van der Waals surface area contributed by atoms with Gasteiger partial charge in [-0.3, -0.25) is 4.79 Å². The third-order valence-corrected chi connectivity index (χ3v) is 2.60. The van der Waals surface area contributed by atoms with Crippen LogP contribution in [0.3, 0.4) is 0 Å². The van der Waals surface area contributed by atoms with Gasteiger partial charge in [0.2, 0.25) is 0 Å². The normalized spacial score (nSPS) is 18.9. The quantitative estimate of drug-likeness (QED) is 0.668. The van der Waals surface area contributed by atoms with Gasteiger partial charge in [0.25, 0.3) is 0 Å². The molecular weight excluding hydrogens is 228 g/mol. The smallest absolute Gasteiger partial charge is 0.328 e. The van der Waals surface area contributed by atoms with Gasteiger partial charge in [0.1, 0.15) is 6.04 Å². The van der Waals surface area contributed by atoms with Crippen LogP contribution in [0.2, 0.25) is 0 Å². The Morgan fingerprint density at radius 3 is 2.76 bits per heavy atom. The molecule has 0 aromatic rings. The van der Waals surface area contributed by atoms with Crippen molar-refractivity contribution in [3.8, 4) is 0 Å². The highest BCUT2D eigenvalue weighted by atomic mass is 16.5. The largest absolute Gasteiger partial charge is 0.481 e. The maximum absolute atomic E-state index is 11.7. The molecule has 0 spiro atoms. The van der Waals surface area contributed by atoms with Gasteiger partial charge >= 0.3 is 18.0 Å². The molecule has 17 heavy (non-hydrogen) atoms. The first kappa shape index (κ1) is 13.3. The predicted octanol–water partition coefficient (Wildman–Crippen LogP) is -0.192. The molecule has 0 bridgehead atoms. The zero-order chi connectivity index (χ0) is 12.8. The number of carboxylic acid groups (broad SMARTS) is 1. The van der Waals surface area contributed by atoms with Gasteiger partial charge in [-0.2, -0.15) is 0 Å². The van der Waals surface area contributed by atoms with Crippen molar-refractivity contribution >= 4 is 18.0 Å². The van der Waals surface area contributed by atoms with Gasteiger partial charge in [-0.05, 0) is 12.8 Å². The number of hydrogen-bond donors (Lipinski definition) is 2. The van der Waals surface area contributed by atoms with Crippen LogP contribution in [0.25, 0.3) is 0 Å². The third-order valence-electron chi connectivity index (χ3n) is 2.60. The fraction of sp³-hybridized carbons (Fsp3) is 0.700. The van der Waals surface area contributed by atoms with E-state index < -0.39 is 24.0 Å². The second kappa shape index (κ2) is 6.07. The zero-order valence-corrected chi connectivity index (χ0v) is 9.64. The first-order chi connectivity index (χ1) is 8.06. The van der Waals surface area contributed by atoms with Crippen molar-refractivity contribution in [3.05, 3.63) is 0 Å². The topological polar surface area (TPSA) is 95.9 Å². The third kappa shape index (κ3) is 3.61. The maximum atomic E-state index is 11.7. The molecule has 0 radical (unpaired) electrons. The summed E-state index contributed by atoms with van der Waals surface area (Å²) in [7, 11) is 1.28. The molecule has 1 rings (SSSR count). The van der Waals surface area contributed by atoms with Gasteiger partial charge in [0.05, 0.1) is 13.5 Å². The van der Waals surface area contributed by atoms with E-state index in [-0.39, 0.29) is 13.0 Å². The molecular formula is C10H16N2O5. The number of nitrogens with one attached hydrogen (secondary N) is 1. The molecule has 7 heteroatoms. The number of urea groups is 1. The molecule has 2 N–H and O–H groups in total. The van der Waals surface area contributed by atoms with E-state index in [4.69, 9.17) is 5.11 Å². The molecule has 1 unspecified atom stereocenters. The first-order valence-electron chi connectivity index (χ1n) is 5.40. The number of rotatable bonds is 4. The molecule has 7 nitrogen and oxygen atoms in total. The number of hydrogen-bond acceptors (Lipinski definition) is 4. The van der Waals surface area contributed by atoms with E-state index in [1.54, 1.807) is 0 Å². The maximum Gasteiger partial charge on any atom is 0.328 e. The first-order valence-corrected chi connectivity index (χ1v) is 5.40. The lowest BCUT2D eigenvalue weighted by atomic mass is 10.2. The summed E-state index contributed by atoms with van der Waals surface area (Å²) in [6.07, 6.45) is 1.19. The second-order valence-electron chi connectivity index (χ2n) is 3.75. The summed E-state index contributed by atoms with van der Waals surface area (Å²) in [5.74, 6) is -1.41. The highest BCUT2D eigenvalue weighted by Gasteiger charge is 2.34. The van der Waals surface area contributed by atoms with E-state index in [9.17, 15) is 14.4 Å². The van der Waals surface area contributed by atoms with Crippen LogP contribution in [0.15, 0.2) is 0 Å². The lowest BCUT2D eigenvalue weighted by Gasteiger charge is -2.22. The Morgan fingerprint density at radius 2 is 2.18 bits per heavy atom. The van der Waals surface area contributed by atoms with Crippen LogP contribution in [0, 0.1) is 0 Å². The minimum absolute atomic E-state index is 0.0541. The van der Waals surface area contributed by atoms with Crippen molar-refractivity contribution < 1.29 is 24.2 Å². The molecule has 1 heterocycles. The van der Waals surface area contributed by atoms with Gasteiger partial charge in [-0.15, -0.1) is 0 Å². The monoisotopic (exact) mass is 244 g/mol. The van der Waals surface area contributed by atoms with Crippen LogP contribution < -0.4 is 5.32 Å². The average Bonchev–Trinajstić information content (AvgIpc) is 2.76. The summed E-state index contributed by atoms with van der Waals surface area (Å²) in [5, 5.41) is 10.9. The van der Waals surface area contributed by atoms with Crippen molar-refractivity contribution in [1.82, 2.24) is 10.2 Å². The van der Waals surface area contributed by atoms with Crippen molar-refractivity contribution in [2.45, 2.75) is 25.3 Å². The van der Waals surface area contributed by atoms with Gasteiger partial charge in [0.15, 0.2) is 0 Å². The number of carboxylic acids is 1. The van der Waals surface area contributed by atoms with Crippen LogP contribution >= 0.6 is 0 Å². The molecule has 0 aromatic carbocycles. The van der Waals surface area contributed by atoms with Gasteiger partial charge in [0, 0.05) is 13.1 Å². The average molecular weight is 244 g/mol. The number of aliphatic carboxylic acids is 1. The number of methoxy groups -OCH3 is 1. The van der Waals surface area contributed by atoms with Crippen LogP contribution in [-0.2, 0) is 14.3 Å². The lowest BCUT2D eigenvalue weighted by Crippen LogP contribution is -2.46. The van der Waals surface area contributed by atoms with Crippen molar-refractivity contribution in [2.75, 3.05) is 20.2 Å². The van der Waals surface area contributed by atoms with Crippen LogP contribution in [0.5, 0.6) is 0 Å². The zero-order valence-electron chi connectivity index (χ0n) is 9.64. The summed E-state index contributed by atoms with van der Waals surface area (Å²) >= 11 is 0. The van der Waals surface area contributed by atoms with Gasteiger partial charge in [-0.25, -0.2) is 9.59 Å². The second-order valence-corrected chi connectivity index (χ2v) is 3.75. The van der Waals surface area contributed by atoms with E-state index in [1.165, 1.54) is 12.0 Å². The molecule has 1 aliphatic heterocycles. The number of nitrogens with zero attached hydrogens (tertiary/aromatic N) is 1.